The molecule has 1 N–H and O–H groups in total. The standard InChI is InChI=1S/C15H15ClN4OS/c1-9(2)8-22-15-18-13-12(14(21)19-15)7-17-20(13)11-5-3-4-10(16)6-11/h3-7,9H,8H2,1-2H3,(H,18,19,21). The molecule has 2 aromatic heterocycles. The van der Waals surface area contributed by atoms with Gasteiger partial charge in [-0.05, 0) is 24.1 Å². The highest BCUT2D eigenvalue weighted by Crippen LogP contribution is 2.20. The van der Waals surface area contributed by atoms with Gasteiger partial charge >= 0.3 is 0 Å². The molecule has 2 heterocycles. The predicted molar refractivity (Wildman–Crippen MR) is 90.1 cm³/mol. The normalized spacial score (nSPS) is 11.5. The smallest absolute Gasteiger partial charge is 0.262 e. The van der Waals surface area contributed by atoms with E-state index < -0.39 is 0 Å². The van der Waals surface area contributed by atoms with Crippen LogP contribution >= 0.6 is 23.4 Å². The minimum atomic E-state index is -0.176. The topological polar surface area (TPSA) is 63.6 Å². The van der Waals surface area contributed by atoms with Crippen LogP contribution in [0.4, 0.5) is 0 Å². The van der Waals surface area contributed by atoms with Crippen molar-refractivity contribution in [3.05, 3.63) is 45.8 Å². The van der Waals surface area contributed by atoms with E-state index in [1.54, 1.807) is 16.8 Å². The number of rotatable bonds is 4. The van der Waals surface area contributed by atoms with Gasteiger partial charge in [0.2, 0.25) is 0 Å². The Bertz CT molecular complexity index is 871. The number of benzene rings is 1. The molecular weight excluding hydrogens is 320 g/mol. The first kappa shape index (κ1) is 15.1. The van der Waals surface area contributed by atoms with Gasteiger partial charge in [-0.3, -0.25) is 4.79 Å². The van der Waals surface area contributed by atoms with E-state index in [1.165, 1.54) is 18.0 Å². The van der Waals surface area contributed by atoms with Crippen molar-refractivity contribution in [2.24, 2.45) is 5.92 Å². The molecule has 0 aliphatic heterocycles. The van der Waals surface area contributed by atoms with Crippen molar-refractivity contribution in [1.29, 1.82) is 0 Å². The molecule has 0 spiro atoms. The molecule has 5 nitrogen and oxygen atoms in total. The molecule has 1 aromatic carbocycles. The zero-order valence-electron chi connectivity index (χ0n) is 12.2. The second kappa shape index (κ2) is 6.14. The molecule has 0 radical (unpaired) electrons. The van der Waals surface area contributed by atoms with Crippen LogP contribution in [0.25, 0.3) is 16.7 Å². The Morgan fingerprint density at radius 3 is 2.95 bits per heavy atom. The Balaban J connectivity index is 2.10. The zero-order chi connectivity index (χ0) is 15.7. The molecule has 0 saturated carbocycles. The fourth-order valence-electron chi connectivity index (χ4n) is 2.01. The minimum Gasteiger partial charge on any atom is -0.301 e. The molecule has 0 amide bonds. The number of hydrogen-bond acceptors (Lipinski definition) is 4. The molecule has 3 aromatic rings. The van der Waals surface area contributed by atoms with Crippen molar-refractivity contribution >= 4 is 34.4 Å². The second-order valence-corrected chi connectivity index (χ2v) is 6.79. The Labute approximate surface area is 136 Å². The molecular formula is C15H15ClN4OS. The molecule has 3 rings (SSSR count). The molecule has 0 fully saturated rings. The number of aromatic amines is 1. The van der Waals surface area contributed by atoms with E-state index in [9.17, 15) is 4.79 Å². The third-order valence-corrected chi connectivity index (χ3v) is 4.56. The number of halogens is 1. The largest absolute Gasteiger partial charge is 0.301 e. The van der Waals surface area contributed by atoms with Gasteiger partial charge in [0, 0.05) is 10.8 Å². The molecule has 0 aliphatic carbocycles. The van der Waals surface area contributed by atoms with Crippen molar-refractivity contribution in [2.45, 2.75) is 19.0 Å². The first-order valence-electron chi connectivity index (χ1n) is 6.91. The average Bonchev–Trinajstić information content (AvgIpc) is 2.89. The first-order valence-corrected chi connectivity index (χ1v) is 8.28. The summed E-state index contributed by atoms with van der Waals surface area (Å²) in [7, 11) is 0. The van der Waals surface area contributed by atoms with E-state index in [0.29, 0.717) is 27.1 Å². The third kappa shape index (κ3) is 3.03. The lowest BCUT2D eigenvalue weighted by Crippen LogP contribution is -2.10. The quantitative estimate of drug-likeness (QED) is 0.586. The van der Waals surface area contributed by atoms with Crippen molar-refractivity contribution < 1.29 is 0 Å². The van der Waals surface area contributed by atoms with Crippen LogP contribution in [-0.2, 0) is 0 Å². The lowest BCUT2D eigenvalue weighted by atomic mass is 10.3. The Kier molecular flexibility index (Phi) is 4.22. The van der Waals surface area contributed by atoms with Crippen molar-refractivity contribution in [3.8, 4) is 5.69 Å². The van der Waals surface area contributed by atoms with Gasteiger partial charge in [0.15, 0.2) is 10.8 Å². The van der Waals surface area contributed by atoms with Crippen LogP contribution in [0.5, 0.6) is 0 Å². The molecule has 0 bridgehead atoms. The first-order chi connectivity index (χ1) is 10.5. The maximum absolute atomic E-state index is 12.2. The fraction of sp³-hybridized carbons (Fsp3) is 0.267. The highest BCUT2D eigenvalue weighted by molar-refractivity contribution is 7.99. The summed E-state index contributed by atoms with van der Waals surface area (Å²) in [5.41, 5.74) is 1.14. The van der Waals surface area contributed by atoms with E-state index in [-0.39, 0.29) is 5.56 Å². The SMILES string of the molecule is CC(C)CSc1nc2c(cnn2-c2cccc(Cl)c2)c(=O)[nH]1. The van der Waals surface area contributed by atoms with E-state index in [4.69, 9.17) is 11.6 Å². The molecule has 0 saturated heterocycles. The maximum atomic E-state index is 12.2. The van der Waals surface area contributed by atoms with Gasteiger partial charge in [-0.1, -0.05) is 43.3 Å². The van der Waals surface area contributed by atoms with Gasteiger partial charge < -0.3 is 4.98 Å². The van der Waals surface area contributed by atoms with Gasteiger partial charge in [0.1, 0.15) is 5.39 Å². The van der Waals surface area contributed by atoms with Crippen LogP contribution in [0.15, 0.2) is 40.4 Å². The molecule has 22 heavy (non-hydrogen) atoms. The zero-order valence-corrected chi connectivity index (χ0v) is 13.8. The van der Waals surface area contributed by atoms with Gasteiger partial charge in [-0.25, -0.2) is 9.67 Å². The van der Waals surface area contributed by atoms with Gasteiger partial charge in [0.25, 0.3) is 5.56 Å². The lowest BCUT2D eigenvalue weighted by molar-refractivity contribution is 0.747. The number of H-pyrrole nitrogens is 1. The van der Waals surface area contributed by atoms with Crippen LogP contribution in [-0.4, -0.2) is 25.5 Å². The van der Waals surface area contributed by atoms with Crippen LogP contribution in [0.3, 0.4) is 0 Å². The molecule has 7 heteroatoms. The average molecular weight is 335 g/mol. The van der Waals surface area contributed by atoms with Crippen molar-refractivity contribution in [1.82, 2.24) is 19.7 Å². The summed E-state index contributed by atoms with van der Waals surface area (Å²) >= 11 is 7.56. The summed E-state index contributed by atoms with van der Waals surface area (Å²) in [5.74, 6) is 1.41. The predicted octanol–water partition coefficient (Wildman–Crippen LogP) is 3.51. The third-order valence-electron chi connectivity index (χ3n) is 3.02. The van der Waals surface area contributed by atoms with Crippen LogP contribution in [0.1, 0.15) is 13.8 Å². The monoisotopic (exact) mass is 334 g/mol. The number of aromatic nitrogens is 4. The van der Waals surface area contributed by atoms with E-state index in [0.717, 1.165) is 11.4 Å². The Morgan fingerprint density at radius 1 is 1.41 bits per heavy atom. The Hall–Kier alpha value is -1.79. The molecule has 0 atom stereocenters. The summed E-state index contributed by atoms with van der Waals surface area (Å²) in [6.07, 6.45) is 1.53. The number of fused-ring (bicyclic) bond motifs is 1. The summed E-state index contributed by atoms with van der Waals surface area (Å²) in [4.78, 5) is 19.5. The van der Waals surface area contributed by atoms with Crippen LogP contribution < -0.4 is 5.56 Å². The van der Waals surface area contributed by atoms with Crippen LogP contribution in [0.2, 0.25) is 5.02 Å². The van der Waals surface area contributed by atoms with E-state index in [1.807, 2.05) is 12.1 Å². The van der Waals surface area contributed by atoms with E-state index in [2.05, 4.69) is 28.9 Å². The van der Waals surface area contributed by atoms with Crippen molar-refractivity contribution in [2.75, 3.05) is 5.75 Å². The summed E-state index contributed by atoms with van der Waals surface area (Å²) in [6.45, 7) is 4.25. The number of nitrogens with zero attached hydrogens (tertiary/aromatic N) is 3. The molecule has 0 unspecified atom stereocenters. The summed E-state index contributed by atoms with van der Waals surface area (Å²) in [6, 6.07) is 7.30. The number of thioether (sulfide) groups is 1. The fourth-order valence-corrected chi connectivity index (χ4v) is 3.00. The molecule has 0 aliphatic rings. The second-order valence-electron chi connectivity index (χ2n) is 5.35. The summed E-state index contributed by atoms with van der Waals surface area (Å²) in [5, 5.41) is 5.95. The van der Waals surface area contributed by atoms with Crippen molar-refractivity contribution in [3.63, 3.8) is 0 Å². The lowest BCUT2D eigenvalue weighted by Gasteiger charge is -2.06. The molecule has 114 valence electrons. The highest BCUT2D eigenvalue weighted by atomic mass is 35.5. The Morgan fingerprint density at radius 2 is 2.23 bits per heavy atom. The summed E-state index contributed by atoms with van der Waals surface area (Å²) < 4.78 is 1.63. The number of nitrogens with one attached hydrogen (secondary N) is 1. The minimum absolute atomic E-state index is 0.176. The van der Waals surface area contributed by atoms with Crippen LogP contribution in [0, 0.1) is 5.92 Å². The number of hydrogen-bond donors (Lipinski definition) is 1. The maximum Gasteiger partial charge on any atom is 0.262 e. The van der Waals surface area contributed by atoms with E-state index >= 15 is 0 Å². The van der Waals surface area contributed by atoms with Gasteiger partial charge in [0.05, 0.1) is 11.9 Å². The van der Waals surface area contributed by atoms with Gasteiger partial charge in [-0.15, -0.1) is 0 Å². The highest BCUT2D eigenvalue weighted by Gasteiger charge is 2.12. The van der Waals surface area contributed by atoms with Gasteiger partial charge in [-0.2, -0.15) is 5.10 Å².